The monoisotopic (exact) mass is 645 g/mol. The second-order valence-corrected chi connectivity index (χ2v) is 14.6. The van der Waals surface area contributed by atoms with Crippen molar-refractivity contribution in [1.29, 1.82) is 0 Å². The van der Waals surface area contributed by atoms with Gasteiger partial charge in [-0.05, 0) is 57.5 Å². The number of rotatable bonds is 9. The summed E-state index contributed by atoms with van der Waals surface area (Å²) in [6, 6.07) is 8.47. The molecular weight excluding hydrogens is 602 g/mol. The van der Waals surface area contributed by atoms with Crippen LogP contribution in [0.4, 0.5) is 28.8 Å². The zero-order valence-electron chi connectivity index (χ0n) is 27.2. The molecule has 6 rings (SSSR count). The Labute approximate surface area is 271 Å². The summed E-state index contributed by atoms with van der Waals surface area (Å²) in [5.41, 5.74) is 6.20. The summed E-state index contributed by atoms with van der Waals surface area (Å²) in [4.78, 5) is 25.6. The molecule has 244 valence electrons. The highest BCUT2D eigenvalue weighted by Gasteiger charge is 2.28. The van der Waals surface area contributed by atoms with Gasteiger partial charge in [-0.3, -0.25) is 14.9 Å². The zero-order valence-corrected chi connectivity index (χ0v) is 28.1. The van der Waals surface area contributed by atoms with Crippen LogP contribution in [0.3, 0.4) is 0 Å². The van der Waals surface area contributed by atoms with E-state index < -0.39 is 9.84 Å². The fourth-order valence-electron chi connectivity index (χ4n) is 6.44. The number of likely N-dealkylation sites (N-methyl/N-ethyl adjacent to an activating group) is 1. The van der Waals surface area contributed by atoms with Gasteiger partial charge in [-0.2, -0.15) is 4.98 Å². The Hall–Kier alpha value is -4.07. The van der Waals surface area contributed by atoms with Gasteiger partial charge in [0, 0.05) is 98.7 Å². The Bertz CT molecular complexity index is 1820. The fraction of sp³-hybridized carbons (Fsp3) is 0.455. The van der Waals surface area contributed by atoms with E-state index >= 15 is 0 Å². The number of hydrogen-bond acceptors (Lipinski definition) is 12. The quantitative estimate of drug-likeness (QED) is 0.269. The Morgan fingerprint density at radius 2 is 1.65 bits per heavy atom. The number of sulfone groups is 1. The van der Waals surface area contributed by atoms with Crippen LogP contribution in [-0.2, 0) is 15.6 Å². The number of nitrogens with zero attached hydrogens (tertiary/aromatic N) is 7. The minimum atomic E-state index is -3.35. The third-order valence-electron chi connectivity index (χ3n) is 9.00. The molecule has 2 aliphatic heterocycles. The largest absolute Gasteiger partial charge is 0.494 e. The first-order chi connectivity index (χ1) is 22.1. The van der Waals surface area contributed by atoms with E-state index in [4.69, 9.17) is 9.72 Å². The summed E-state index contributed by atoms with van der Waals surface area (Å²) in [5, 5.41) is 6.69. The van der Waals surface area contributed by atoms with E-state index in [0.29, 0.717) is 45.8 Å². The van der Waals surface area contributed by atoms with Gasteiger partial charge in [-0.15, -0.1) is 0 Å². The molecule has 12 nitrogen and oxygen atoms in total. The third kappa shape index (κ3) is 7.16. The van der Waals surface area contributed by atoms with Crippen LogP contribution in [-0.4, -0.2) is 104 Å². The van der Waals surface area contributed by atoms with Gasteiger partial charge in [0.05, 0.1) is 29.6 Å². The number of nitrogens with one attached hydrogen (secondary N) is 2. The molecule has 4 aromatic rings. The molecule has 2 aromatic heterocycles. The molecule has 0 amide bonds. The smallest absolute Gasteiger partial charge is 0.229 e. The minimum Gasteiger partial charge on any atom is -0.494 e. The lowest BCUT2D eigenvalue weighted by Crippen LogP contribution is -2.52. The van der Waals surface area contributed by atoms with E-state index in [0.717, 1.165) is 68.9 Å². The molecule has 0 unspecified atom stereocenters. The molecule has 2 fully saturated rings. The first kappa shape index (κ1) is 31.9. The second kappa shape index (κ2) is 13.3. The molecule has 4 heterocycles. The van der Waals surface area contributed by atoms with Crippen molar-refractivity contribution < 1.29 is 13.2 Å². The van der Waals surface area contributed by atoms with Crippen molar-refractivity contribution in [3.63, 3.8) is 0 Å². The highest BCUT2D eigenvalue weighted by atomic mass is 32.2. The number of fused-ring (bicyclic) bond motifs is 1. The average molecular weight is 646 g/mol. The highest BCUT2D eigenvalue weighted by molar-refractivity contribution is 7.89. The number of aromatic nitrogens is 4. The molecule has 2 N–H and O–H groups in total. The summed E-state index contributed by atoms with van der Waals surface area (Å²) >= 11 is 0. The van der Waals surface area contributed by atoms with E-state index in [1.54, 1.807) is 25.7 Å². The number of piperazine rings is 1. The first-order valence-electron chi connectivity index (χ1n) is 15.7. The van der Waals surface area contributed by atoms with Crippen LogP contribution in [0, 0.1) is 13.8 Å². The van der Waals surface area contributed by atoms with E-state index in [2.05, 4.69) is 66.4 Å². The minimum absolute atomic E-state index is 0.184. The normalized spacial score (nSPS) is 16.9. The Balaban J connectivity index is 1.20. The fourth-order valence-corrected chi connectivity index (χ4v) is 7.26. The van der Waals surface area contributed by atoms with Crippen LogP contribution in [0.15, 0.2) is 42.9 Å². The molecule has 2 saturated heterocycles. The molecule has 0 aliphatic carbocycles. The van der Waals surface area contributed by atoms with Crippen LogP contribution >= 0.6 is 0 Å². The standard InChI is InChI=1S/C33H43N9O3S/c1-22-18-28(30(45-4)19-29(22)42-12-8-24(9-13-42)41-16-14-40(3)15-17-41)38-33-36-20-23(2)32(39-33)37-26-6-7-27-31(35-11-10-34-27)25(26)21-46(5,43)44/h6-7,10-11,18-20,24H,8-9,12-17,21H2,1-5H3,(H2,36,37,38,39). The van der Waals surface area contributed by atoms with E-state index in [9.17, 15) is 8.42 Å². The maximum absolute atomic E-state index is 12.3. The van der Waals surface area contributed by atoms with Gasteiger partial charge < -0.3 is 25.2 Å². The number of anilines is 5. The third-order valence-corrected chi connectivity index (χ3v) is 9.81. The molecule has 0 spiro atoms. The molecule has 0 saturated carbocycles. The Morgan fingerprint density at radius 3 is 2.37 bits per heavy atom. The zero-order chi connectivity index (χ0) is 32.4. The maximum Gasteiger partial charge on any atom is 0.229 e. The van der Waals surface area contributed by atoms with Gasteiger partial charge in [0.2, 0.25) is 5.95 Å². The molecular formula is C33H43N9O3S. The van der Waals surface area contributed by atoms with Gasteiger partial charge in [0.1, 0.15) is 11.6 Å². The maximum atomic E-state index is 12.3. The topological polar surface area (TPSA) is 129 Å². The highest BCUT2D eigenvalue weighted by Crippen LogP contribution is 2.36. The van der Waals surface area contributed by atoms with Gasteiger partial charge in [0.25, 0.3) is 0 Å². The number of methoxy groups -OCH3 is 1. The van der Waals surface area contributed by atoms with Gasteiger partial charge >= 0.3 is 0 Å². The van der Waals surface area contributed by atoms with E-state index in [-0.39, 0.29) is 5.75 Å². The van der Waals surface area contributed by atoms with Crippen LogP contribution in [0.1, 0.15) is 29.5 Å². The van der Waals surface area contributed by atoms with Crippen molar-refractivity contribution in [3.8, 4) is 5.75 Å². The summed E-state index contributed by atoms with van der Waals surface area (Å²) in [6.45, 7) is 10.7. The predicted octanol–water partition coefficient (Wildman–Crippen LogP) is 4.29. The van der Waals surface area contributed by atoms with Gasteiger partial charge in [-0.1, -0.05) is 0 Å². The number of ether oxygens (including phenoxy) is 1. The molecule has 0 atom stereocenters. The molecule has 0 radical (unpaired) electrons. The molecule has 2 aliphatic rings. The predicted molar refractivity (Wildman–Crippen MR) is 183 cm³/mol. The Morgan fingerprint density at radius 1 is 0.913 bits per heavy atom. The molecule has 2 aromatic carbocycles. The number of aryl methyl sites for hydroxylation is 2. The van der Waals surface area contributed by atoms with Crippen molar-refractivity contribution >= 4 is 49.7 Å². The van der Waals surface area contributed by atoms with Crippen molar-refractivity contribution in [3.05, 3.63) is 59.5 Å². The van der Waals surface area contributed by atoms with Gasteiger partial charge in [-0.25, -0.2) is 13.4 Å². The average Bonchev–Trinajstić information content (AvgIpc) is 3.04. The lowest BCUT2D eigenvalue weighted by Gasteiger charge is -2.43. The summed E-state index contributed by atoms with van der Waals surface area (Å²) < 4.78 is 30.5. The number of hydrogen-bond donors (Lipinski definition) is 2. The summed E-state index contributed by atoms with van der Waals surface area (Å²) in [7, 11) is 0.530. The van der Waals surface area contributed by atoms with Crippen LogP contribution in [0.2, 0.25) is 0 Å². The SMILES string of the molecule is COc1cc(N2CCC(N3CCN(C)CC3)CC2)c(C)cc1Nc1ncc(C)c(Nc2ccc3nccnc3c2CS(C)(=O)=O)n1. The van der Waals surface area contributed by atoms with Crippen LogP contribution in [0.5, 0.6) is 5.75 Å². The molecule has 46 heavy (non-hydrogen) atoms. The van der Waals surface area contributed by atoms with Crippen molar-refractivity contribution in [2.75, 3.05) is 75.2 Å². The van der Waals surface area contributed by atoms with E-state index in [1.807, 2.05) is 19.1 Å². The second-order valence-electron chi connectivity index (χ2n) is 12.5. The lowest BCUT2D eigenvalue weighted by atomic mass is 10.0. The number of benzene rings is 2. The first-order valence-corrected chi connectivity index (χ1v) is 17.8. The van der Waals surface area contributed by atoms with Crippen molar-refractivity contribution in [2.45, 2.75) is 38.5 Å². The van der Waals surface area contributed by atoms with Crippen molar-refractivity contribution in [2.24, 2.45) is 0 Å². The van der Waals surface area contributed by atoms with Crippen molar-refractivity contribution in [1.82, 2.24) is 29.7 Å². The molecule has 13 heteroatoms. The Kier molecular flexibility index (Phi) is 9.25. The summed E-state index contributed by atoms with van der Waals surface area (Å²) in [6.07, 6.45) is 8.41. The van der Waals surface area contributed by atoms with Gasteiger partial charge in [0.15, 0.2) is 9.84 Å². The summed E-state index contributed by atoms with van der Waals surface area (Å²) in [5.74, 6) is 1.46. The van der Waals surface area contributed by atoms with Crippen LogP contribution < -0.4 is 20.3 Å². The number of piperidine rings is 1. The van der Waals surface area contributed by atoms with E-state index in [1.165, 1.54) is 11.9 Å². The lowest BCUT2D eigenvalue weighted by molar-refractivity contribution is 0.0982. The van der Waals surface area contributed by atoms with Crippen LogP contribution in [0.25, 0.3) is 11.0 Å². The molecule has 0 bridgehead atoms.